The first kappa shape index (κ1) is 16.6. The average Bonchev–Trinajstić information content (AvgIpc) is 3.13. The van der Waals surface area contributed by atoms with Crippen LogP contribution in [0.4, 0.5) is 0 Å². The van der Waals surface area contributed by atoms with Gasteiger partial charge in [-0.1, -0.05) is 48.5 Å². The van der Waals surface area contributed by atoms with Gasteiger partial charge in [-0.2, -0.15) is 25.5 Å². The molecule has 0 saturated heterocycles. The highest BCUT2D eigenvalue weighted by Gasteiger charge is 2.17. The second-order valence-corrected chi connectivity index (χ2v) is 6.42. The van der Waals surface area contributed by atoms with Crippen molar-refractivity contribution >= 4 is 21.8 Å². The summed E-state index contributed by atoms with van der Waals surface area (Å²) in [6, 6.07) is 27.9. The highest BCUT2D eigenvalue weighted by Crippen LogP contribution is 2.34. The summed E-state index contributed by atoms with van der Waals surface area (Å²) >= 11 is 0. The van der Waals surface area contributed by atoms with Crippen LogP contribution in [0.1, 0.15) is 11.6 Å². The van der Waals surface area contributed by atoms with Gasteiger partial charge in [-0.25, -0.2) is 0 Å². The summed E-state index contributed by atoms with van der Waals surface area (Å²) < 4.78 is 2.15. The van der Waals surface area contributed by atoms with Gasteiger partial charge < -0.3 is 4.57 Å². The lowest BCUT2D eigenvalue weighted by atomic mass is 10.1. The van der Waals surface area contributed by atoms with Gasteiger partial charge in [0, 0.05) is 16.3 Å². The van der Waals surface area contributed by atoms with E-state index in [1.807, 2.05) is 60.7 Å². The van der Waals surface area contributed by atoms with Crippen molar-refractivity contribution in [2.75, 3.05) is 0 Å². The van der Waals surface area contributed by atoms with Gasteiger partial charge >= 0.3 is 0 Å². The van der Waals surface area contributed by atoms with Crippen molar-refractivity contribution in [1.29, 1.82) is 10.5 Å². The normalized spacial score (nSPS) is 10.7. The van der Waals surface area contributed by atoms with Crippen molar-refractivity contribution in [3.63, 3.8) is 0 Å². The number of benzene rings is 3. The molecule has 0 aliphatic heterocycles. The third-order valence-electron chi connectivity index (χ3n) is 4.80. The van der Waals surface area contributed by atoms with Gasteiger partial charge in [-0.3, -0.25) is 0 Å². The molecule has 2 aromatic heterocycles. The predicted octanol–water partition coefficient (Wildman–Crippen LogP) is 4.38. The van der Waals surface area contributed by atoms with Gasteiger partial charge in [-0.15, -0.1) is 0 Å². The Labute approximate surface area is 166 Å². The molecule has 0 spiro atoms. The molecular weight excluding hydrogens is 360 g/mol. The summed E-state index contributed by atoms with van der Waals surface area (Å²) in [6.45, 7) is 0. The van der Waals surface area contributed by atoms with E-state index in [4.69, 9.17) is 0 Å². The molecule has 0 N–H and O–H groups in total. The highest BCUT2D eigenvalue weighted by molar-refractivity contribution is 6.09. The van der Waals surface area contributed by atoms with Crippen molar-refractivity contribution in [1.82, 2.24) is 19.5 Å². The Balaban J connectivity index is 1.88. The summed E-state index contributed by atoms with van der Waals surface area (Å²) in [4.78, 5) is 12.3. The Morgan fingerprint density at radius 1 is 0.621 bits per heavy atom. The fourth-order valence-electron chi connectivity index (χ4n) is 3.64. The highest BCUT2D eigenvalue weighted by atomic mass is 15.0. The fourth-order valence-corrected chi connectivity index (χ4v) is 3.64. The molecule has 0 radical (unpaired) electrons. The zero-order valence-electron chi connectivity index (χ0n) is 15.1. The second-order valence-electron chi connectivity index (χ2n) is 6.42. The molecule has 0 unspecified atom stereocenters. The summed E-state index contributed by atoms with van der Waals surface area (Å²) in [5.41, 5.74) is 3.69. The van der Waals surface area contributed by atoms with Gasteiger partial charge in [0.25, 0.3) is 0 Å². The molecule has 5 aromatic rings. The van der Waals surface area contributed by atoms with Crippen molar-refractivity contribution in [3.8, 4) is 29.2 Å². The van der Waals surface area contributed by atoms with Gasteiger partial charge in [0.15, 0.2) is 5.82 Å². The van der Waals surface area contributed by atoms with E-state index in [2.05, 4.69) is 43.8 Å². The van der Waals surface area contributed by atoms with Crippen LogP contribution in [-0.4, -0.2) is 19.5 Å². The molecular formula is C23H12N6. The van der Waals surface area contributed by atoms with Gasteiger partial charge in [0.05, 0.1) is 16.7 Å². The van der Waals surface area contributed by atoms with Crippen molar-refractivity contribution < 1.29 is 0 Å². The number of nitrogens with zero attached hydrogens (tertiary/aromatic N) is 6. The van der Waals surface area contributed by atoms with Crippen LogP contribution in [0.15, 0.2) is 72.8 Å². The first-order chi connectivity index (χ1) is 14.3. The van der Waals surface area contributed by atoms with Gasteiger partial charge in [0.2, 0.25) is 11.6 Å². The standard InChI is InChI=1S/C23H12N6/c24-13-21-26-22(14-25)28-23(27-21)17-9-3-6-12-20(17)29-18-10-4-1-7-15(18)16-8-2-5-11-19(16)29/h1-12H. The van der Waals surface area contributed by atoms with E-state index in [9.17, 15) is 10.5 Å². The van der Waals surface area contributed by atoms with Crippen molar-refractivity contribution in [2.24, 2.45) is 0 Å². The van der Waals surface area contributed by atoms with E-state index in [1.165, 1.54) is 0 Å². The summed E-state index contributed by atoms with van der Waals surface area (Å²) in [5, 5.41) is 20.8. The zero-order valence-corrected chi connectivity index (χ0v) is 15.1. The summed E-state index contributed by atoms with van der Waals surface area (Å²) in [5.74, 6) is 0.137. The van der Waals surface area contributed by atoms with E-state index in [0.717, 1.165) is 33.1 Å². The third kappa shape index (κ3) is 2.60. The number of aromatic nitrogens is 4. The molecule has 0 aliphatic carbocycles. The van der Waals surface area contributed by atoms with Crippen LogP contribution >= 0.6 is 0 Å². The Bertz CT molecular complexity index is 1400. The van der Waals surface area contributed by atoms with E-state index in [1.54, 1.807) is 0 Å². The number of para-hydroxylation sites is 3. The monoisotopic (exact) mass is 372 g/mol. The van der Waals surface area contributed by atoms with Crippen LogP contribution in [0.25, 0.3) is 38.9 Å². The number of hydrogen-bond donors (Lipinski definition) is 0. The lowest BCUT2D eigenvalue weighted by Gasteiger charge is -2.12. The van der Waals surface area contributed by atoms with Gasteiger partial charge in [0.1, 0.15) is 12.1 Å². The number of hydrogen-bond acceptors (Lipinski definition) is 5. The average molecular weight is 372 g/mol. The Morgan fingerprint density at radius 2 is 1.14 bits per heavy atom. The number of rotatable bonds is 2. The topological polar surface area (TPSA) is 91.2 Å². The van der Waals surface area contributed by atoms with Gasteiger partial charge in [-0.05, 0) is 24.3 Å². The molecule has 0 saturated carbocycles. The Hall–Kier alpha value is -4.55. The molecule has 0 bridgehead atoms. The lowest BCUT2D eigenvalue weighted by molar-refractivity contribution is 0.992. The van der Waals surface area contributed by atoms with Crippen LogP contribution < -0.4 is 0 Å². The first-order valence-corrected chi connectivity index (χ1v) is 8.94. The van der Waals surface area contributed by atoms with E-state index in [-0.39, 0.29) is 11.6 Å². The largest absolute Gasteiger partial charge is 0.309 e. The molecule has 3 aromatic carbocycles. The minimum absolute atomic E-state index is 0.0800. The number of fused-ring (bicyclic) bond motifs is 3. The molecule has 0 atom stereocenters. The third-order valence-corrected chi connectivity index (χ3v) is 4.80. The molecule has 0 fully saturated rings. The van der Waals surface area contributed by atoms with Crippen LogP contribution in [0, 0.1) is 22.7 Å². The Kier molecular flexibility index (Phi) is 3.76. The number of nitriles is 2. The molecule has 6 nitrogen and oxygen atoms in total. The Morgan fingerprint density at radius 3 is 1.72 bits per heavy atom. The predicted molar refractivity (Wildman–Crippen MR) is 109 cm³/mol. The van der Waals surface area contributed by atoms with Crippen molar-refractivity contribution in [3.05, 3.63) is 84.4 Å². The van der Waals surface area contributed by atoms with E-state index >= 15 is 0 Å². The minimum atomic E-state index is -0.0800. The quantitative estimate of drug-likeness (QED) is 0.459. The summed E-state index contributed by atoms with van der Waals surface area (Å²) in [6.07, 6.45) is 0. The molecule has 5 rings (SSSR count). The van der Waals surface area contributed by atoms with E-state index < -0.39 is 0 Å². The molecule has 0 aliphatic rings. The maximum Gasteiger partial charge on any atom is 0.236 e. The van der Waals surface area contributed by atoms with Crippen LogP contribution in [-0.2, 0) is 0 Å². The molecule has 29 heavy (non-hydrogen) atoms. The SMILES string of the molecule is N#Cc1nc(C#N)nc(-c2ccccc2-n2c3ccccc3c3ccccc32)n1. The van der Waals surface area contributed by atoms with Crippen LogP contribution in [0.2, 0.25) is 0 Å². The smallest absolute Gasteiger partial charge is 0.236 e. The molecule has 134 valence electrons. The first-order valence-electron chi connectivity index (χ1n) is 8.94. The lowest BCUT2D eigenvalue weighted by Crippen LogP contribution is -2.03. The summed E-state index contributed by atoms with van der Waals surface area (Å²) in [7, 11) is 0. The van der Waals surface area contributed by atoms with E-state index in [0.29, 0.717) is 5.82 Å². The zero-order chi connectivity index (χ0) is 19.8. The maximum absolute atomic E-state index is 9.25. The van der Waals surface area contributed by atoms with Crippen LogP contribution in [0.5, 0.6) is 0 Å². The fraction of sp³-hybridized carbons (Fsp3) is 0. The second kappa shape index (κ2) is 6.56. The van der Waals surface area contributed by atoms with Crippen molar-refractivity contribution in [2.45, 2.75) is 0 Å². The molecule has 6 heteroatoms. The molecule has 2 heterocycles. The minimum Gasteiger partial charge on any atom is -0.309 e. The maximum atomic E-state index is 9.25. The molecule has 0 amide bonds. The van der Waals surface area contributed by atoms with Crippen LogP contribution in [0.3, 0.4) is 0 Å².